The van der Waals surface area contributed by atoms with Gasteiger partial charge in [0.1, 0.15) is 11.5 Å². The van der Waals surface area contributed by atoms with Crippen LogP contribution < -0.4 is 5.32 Å². The van der Waals surface area contributed by atoms with Gasteiger partial charge in [-0.15, -0.1) is 0 Å². The maximum absolute atomic E-state index is 13.0. The molecule has 0 aromatic heterocycles. The second-order valence-corrected chi connectivity index (χ2v) is 5.65. The Balaban J connectivity index is 2.27. The van der Waals surface area contributed by atoms with Gasteiger partial charge in [0.05, 0.1) is 4.92 Å². The van der Waals surface area contributed by atoms with E-state index in [1.165, 1.54) is 12.1 Å². The number of hydrogen-bond donors (Lipinski definition) is 1. The summed E-state index contributed by atoms with van der Waals surface area (Å²) in [7, 11) is 0. The number of halogens is 2. The fraction of sp³-hybridized carbons (Fsp3) is 0.200. The highest BCUT2D eigenvalue weighted by molar-refractivity contribution is 9.10. The number of nitro groups is 1. The molecule has 0 aliphatic heterocycles. The molecule has 2 rings (SSSR count). The molecule has 0 atom stereocenters. The lowest BCUT2D eigenvalue weighted by Gasteiger charge is -2.11. The van der Waals surface area contributed by atoms with E-state index >= 15 is 0 Å². The number of hydrogen-bond acceptors (Lipinski definition) is 3. The van der Waals surface area contributed by atoms with Crippen molar-refractivity contribution in [1.82, 2.24) is 0 Å². The molecule has 1 N–H and O–H groups in total. The van der Waals surface area contributed by atoms with Gasteiger partial charge in [0.2, 0.25) is 0 Å². The lowest BCUT2D eigenvalue weighted by Crippen LogP contribution is -2.04. The first-order valence-corrected chi connectivity index (χ1v) is 7.11. The third kappa shape index (κ3) is 3.58. The van der Waals surface area contributed by atoms with Gasteiger partial charge in [-0.05, 0) is 48.7 Å². The summed E-state index contributed by atoms with van der Waals surface area (Å²) in [5.41, 5.74) is 3.16. The predicted octanol–water partition coefficient (Wildman–Crippen LogP) is 4.73. The van der Waals surface area contributed by atoms with Crippen LogP contribution in [0, 0.1) is 29.8 Å². The Hall–Kier alpha value is -1.95. The summed E-state index contributed by atoms with van der Waals surface area (Å²) in [6.07, 6.45) is 0. The zero-order valence-corrected chi connectivity index (χ0v) is 13.2. The van der Waals surface area contributed by atoms with E-state index in [4.69, 9.17) is 0 Å². The van der Waals surface area contributed by atoms with Crippen molar-refractivity contribution in [1.29, 1.82) is 0 Å². The van der Waals surface area contributed by atoms with Gasteiger partial charge < -0.3 is 5.32 Å². The topological polar surface area (TPSA) is 55.2 Å². The van der Waals surface area contributed by atoms with Crippen LogP contribution >= 0.6 is 15.9 Å². The van der Waals surface area contributed by atoms with Crippen molar-refractivity contribution >= 4 is 27.3 Å². The van der Waals surface area contributed by atoms with Gasteiger partial charge in [-0.1, -0.05) is 22.0 Å². The van der Waals surface area contributed by atoms with E-state index in [1.807, 2.05) is 13.8 Å². The minimum atomic E-state index is -0.408. The summed E-state index contributed by atoms with van der Waals surface area (Å²) in [6, 6.07) is 7.67. The largest absolute Gasteiger partial charge is 0.375 e. The van der Waals surface area contributed by atoms with E-state index in [2.05, 4.69) is 21.2 Å². The first kappa shape index (κ1) is 15.4. The van der Waals surface area contributed by atoms with Crippen LogP contribution in [-0.4, -0.2) is 4.92 Å². The molecule has 0 spiro atoms. The molecule has 0 unspecified atom stereocenters. The van der Waals surface area contributed by atoms with E-state index in [1.54, 1.807) is 18.2 Å². The summed E-state index contributed by atoms with van der Waals surface area (Å²) in [5, 5.41) is 14.2. The third-order valence-electron chi connectivity index (χ3n) is 3.29. The van der Waals surface area contributed by atoms with Crippen molar-refractivity contribution in [2.75, 3.05) is 5.32 Å². The van der Waals surface area contributed by atoms with Crippen LogP contribution in [0.1, 0.15) is 16.7 Å². The van der Waals surface area contributed by atoms with Gasteiger partial charge in [-0.3, -0.25) is 10.1 Å². The van der Waals surface area contributed by atoms with Crippen LogP contribution in [0.5, 0.6) is 0 Å². The van der Waals surface area contributed by atoms with Crippen molar-refractivity contribution in [2.45, 2.75) is 20.4 Å². The normalized spacial score (nSPS) is 10.5. The summed E-state index contributed by atoms with van der Waals surface area (Å²) < 4.78 is 13.7. The first-order chi connectivity index (χ1) is 9.88. The van der Waals surface area contributed by atoms with Crippen LogP contribution in [0.4, 0.5) is 15.8 Å². The first-order valence-electron chi connectivity index (χ1n) is 6.32. The second-order valence-electron chi connectivity index (χ2n) is 4.80. The molecule has 0 fully saturated rings. The van der Waals surface area contributed by atoms with Crippen LogP contribution in [0.2, 0.25) is 0 Å². The van der Waals surface area contributed by atoms with Crippen molar-refractivity contribution in [3.05, 3.63) is 67.4 Å². The number of nitrogens with one attached hydrogen (secondary N) is 1. The summed E-state index contributed by atoms with van der Waals surface area (Å²) in [6.45, 7) is 4.10. The average molecular weight is 353 g/mol. The molecule has 0 bridgehead atoms. The Morgan fingerprint density at radius 2 is 1.90 bits per heavy atom. The predicted molar refractivity (Wildman–Crippen MR) is 84.0 cm³/mol. The van der Waals surface area contributed by atoms with E-state index in [-0.39, 0.29) is 11.5 Å². The summed E-state index contributed by atoms with van der Waals surface area (Å²) in [5.74, 6) is -0.331. The van der Waals surface area contributed by atoms with E-state index in [9.17, 15) is 14.5 Å². The van der Waals surface area contributed by atoms with E-state index in [0.29, 0.717) is 16.7 Å². The fourth-order valence-corrected chi connectivity index (χ4v) is 2.44. The number of benzene rings is 2. The van der Waals surface area contributed by atoms with Gasteiger partial charge in [0.25, 0.3) is 5.69 Å². The highest BCUT2D eigenvalue weighted by atomic mass is 79.9. The molecule has 110 valence electrons. The Bertz CT molecular complexity index is 704. The third-order valence-corrected chi connectivity index (χ3v) is 4.03. The van der Waals surface area contributed by atoms with Gasteiger partial charge in [0, 0.05) is 17.1 Å². The van der Waals surface area contributed by atoms with Crippen LogP contribution in [0.25, 0.3) is 0 Å². The minimum Gasteiger partial charge on any atom is -0.375 e. The lowest BCUT2D eigenvalue weighted by atomic mass is 10.1. The van der Waals surface area contributed by atoms with Crippen LogP contribution in [-0.2, 0) is 6.54 Å². The molecular weight excluding hydrogens is 339 g/mol. The SMILES string of the molecule is Cc1cc(NCc2ccc(F)cc2Br)c([N+](=O)[O-])cc1C. The summed E-state index contributed by atoms with van der Waals surface area (Å²) >= 11 is 3.28. The average Bonchev–Trinajstić information content (AvgIpc) is 2.41. The number of nitrogens with zero attached hydrogens (tertiary/aromatic N) is 1. The standard InChI is InChI=1S/C15H14BrFN2O2/c1-9-5-14(15(19(20)21)6-10(9)2)18-8-11-3-4-12(17)7-13(11)16/h3-7,18H,8H2,1-2H3. The maximum Gasteiger partial charge on any atom is 0.292 e. The Morgan fingerprint density at radius 1 is 1.24 bits per heavy atom. The lowest BCUT2D eigenvalue weighted by molar-refractivity contribution is -0.384. The number of aryl methyl sites for hydroxylation is 2. The molecule has 0 saturated heterocycles. The molecule has 2 aromatic rings. The van der Waals surface area contributed by atoms with Gasteiger partial charge in [-0.2, -0.15) is 0 Å². The van der Waals surface area contributed by atoms with Gasteiger partial charge in [0.15, 0.2) is 0 Å². The molecule has 0 heterocycles. The van der Waals surface area contributed by atoms with Gasteiger partial charge in [-0.25, -0.2) is 4.39 Å². The maximum atomic E-state index is 13.0. The molecule has 0 radical (unpaired) electrons. The Kier molecular flexibility index (Phi) is 4.57. The zero-order chi connectivity index (χ0) is 15.6. The fourth-order valence-electron chi connectivity index (χ4n) is 1.95. The second kappa shape index (κ2) is 6.22. The Morgan fingerprint density at radius 3 is 2.52 bits per heavy atom. The number of rotatable bonds is 4. The highest BCUT2D eigenvalue weighted by Gasteiger charge is 2.15. The molecule has 0 amide bonds. The smallest absolute Gasteiger partial charge is 0.292 e. The van der Waals surface area contributed by atoms with Crippen molar-refractivity contribution in [3.8, 4) is 0 Å². The number of anilines is 1. The van der Waals surface area contributed by atoms with Crippen molar-refractivity contribution in [2.24, 2.45) is 0 Å². The molecule has 0 aliphatic rings. The quantitative estimate of drug-likeness (QED) is 0.639. The van der Waals surface area contributed by atoms with Crippen LogP contribution in [0.15, 0.2) is 34.8 Å². The van der Waals surface area contributed by atoms with Gasteiger partial charge >= 0.3 is 0 Å². The molecular formula is C15H14BrFN2O2. The van der Waals surface area contributed by atoms with Crippen molar-refractivity contribution in [3.63, 3.8) is 0 Å². The molecule has 2 aromatic carbocycles. The molecule has 6 heteroatoms. The highest BCUT2D eigenvalue weighted by Crippen LogP contribution is 2.29. The molecule has 4 nitrogen and oxygen atoms in total. The molecule has 0 saturated carbocycles. The van der Waals surface area contributed by atoms with E-state index in [0.717, 1.165) is 16.7 Å². The monoisotopic (exact) mass is 352 g/mol. The minimum absolute atomic E-state index is 0.0383. The van der Waals surface area contributed by atoms with Crippen molar-refractivity contribution < 1.29 is 9.31 Å². The number of nitro benzene ring substituents is 1. The van der Waals surface area contributed by atoms with E-state index < -0.39 is 4.92 Å². The molecule has 21 heavy (non-hydrogen) atoms. The Labute approximate surface area is 130 Å². The van der Waals surface area contributed by atoms with Crippen LogP contribution in [0.3, 0.4) is 0 Å². The molecule has 0 aliphatic carbocycles. The summed E-state index contributed by atoms with van der Waals surface area (Å²) in [4.78, 5) is 10.7. The zero-order valence-electron chi connectivity index (χ0n) is 11.6.